The molecule has 2 aromatic heterocycles. The summed E-state index contributed by atoms with van der Waals surface area (Å²) in [6.45, 7) is 5.89. The summed E-state index contributed by atoms with van der Waals surface area (Å²) in [5.74, 6) is 1.64. The lowest BCUT2D eigenvalue weighted by Gasteiger charge is -2.31. The first-order chi connectivity index (χ1) is 10.6. The summed E-state index contributed by atoms with van der Waals surface area (Å²) >= 11 is 1.81. The quantitative estimate of drug-likeness (QED) is 0.863. The van der Waals surface area contributed by atoms with Crippen molar-refractivity contribution in [1.29, 1.82) is 0 Å². The number of carbonyl (C=O) groups is 1. The molecule has 3 rings (SSSR count). The van der Waals surface area contributed by atoms with E-state index in [2.05, 4.69) is 18.8 Å². The maximum atomic E-state index is 12.3. The first kappa shape index (κ1) is 15.3. The second-order valence-electron chi connectivity index (χ2n) is 5.93. The number of aromatic nitrogens is 1. The van der Waals surface area contributed by atoms with Crippen LogP contribution in [0.15, 0.2) is 22.8 Å². The normalized spacial score (nSPS) is 16.2. The van der Waals surface area contributed by atoms with Crippen molar-refractivity contribution in [3.05, 3.63) is 39.7 Å². The van der Waals surface area contributed by atoms with Gasteiger partial charge in [-0.2, -0.15) is 0 Å². The zero-order valence-electron chi connectivity index (χ0n) is 13.2. The number of aryl methyl sites for hydroxylation is 3. The van der Waals surface area contributed by atoms with E-state index in [1.54, 1.807) is 6.26 Å². The number of rotatable bonds is 4. The summed E-state index contributed by atoms with van der Waals surface area (Å²) in [4.78, 5) is 20.2. The Morgan fingerprint density at radius 2 is 2.18 bits per heavy atom. The molecule has 118 valence electrons. The summed E-state index contributed by atoms with van der Waals surface area (Å²) in [5, 5.41) is 1.25. The van der Waals surface area contributed by atoms with Crippen molar-refractivity contribution in [3.63, 3.8) is 0 Å². The van der Waals surface area contributed by atoms with Gasteiger partial charge in [0.25, 0.3) is 0 Å². The molecule has 2 aromatic rings. The molecule has 0 aromatic carbocycles. The zero-order valence-corrected chi connectivity index (χ0v) is 14.0. The van der Waals surface area contributed by atoms with Crippen LogP contribution in [-0.4, -0.2) is 28.9 Å². The van der Waals surface area contributed by atoms with Gasteiger partial charge in [0.15, 0.2) is 0 Å². The minimum absolute atomic E-state index is 0.237. The lowest BCUT2D eigenvalue weighted by Crippen LogP contribution is -2.38. The zero-order chi connectivity index (χ0) is 15.5. The number of likely N-dealkylation sites (tertiary alicyclic amines) is 1. The fraction of sp³-hybridized carbons (Fsp3) is 0.529. The van der Waals surface area contributed by atoms with Crippen LogP contribution in [0.3, 0.4) is 0 Å². The number of hydrogen-bond donors (Lipinski definition) is 0. The maximum Gasteiger partial charge on any atom is 0.223 e. The Bertz CT molecular complexity index is 606. The Labute approximate surface area is 135 Å². The Hall–Kier alpha value is -1.62. The molecule has 0 spiro atoms. The number of thiazole rings is 1. The van der Waals surface area contributed by atoms with Crippen LogP contribution in [0, 0.1) is 13.8 Å². The summed E-state index contributed by atoms with van der Waals surface area (Å²) < 4.78 is 5.28. The van der Waals surface area contributed by atoms with E-state index in [0.29, 0.717) is 18.8 Å². The largest absolute Gasteiger partial charge is 0.469 e. The van der Waals surface area contributed by atoms with Crippen molar-refractivity contribution in [2.45, 2.75) is 45.4 Å². The summed E-state index contributed by atoms with van der Waals surface area (Å²) in [7, 11) is 0. The molecule has 3 heterocycles. The predicted octanol–water partition coefficient (Wildman–Crippen LogP) is 3.69. The molecule has 0 unspecified atom stereocenters. The van der Waals surface area contributed by atoms with Crippen LogP contribution in [0.1, 0.15) is 46.5 Å². The molecule has 5 heteroatoms. The van der Waals surface area contributed by atoms with Crippen LogP contribution in [-0.2, 0) is 11.2 Å². The number of piperidine rings is 1. The molecule has 0 atom stereocenters. The van der Waals surface area contributed by atoms with Crippen LogP contribution < -0.4 is 0 Å². The number of furan rings is 1. The Kier molecular flexibility index (Phi) is 4.62. The van der Waals surface area contributed by atoms with Gasteiger partial charge in [-0.15, -0.1) is 11.3 Å². The van der Waals surface area contributed by atoms with Gasteiger partial charge < -0.3 is 9.32 Å². The molecule has 0 bridgehead atoms. The minimum atomic E-state index is 0.237. The van der Waals surface area contributed by atoms with E-state index in [9.17, 15) is 4.79 Å². The fourth-order valence-corrected chi connectivity index (χ4v) is 3.98. The summed E-state index contributed by atoms with van der Waals surface area (Å²) in [5.41, 5.74) is 1.15. The molecule has 1 amide bonds. The van der Waals surface area contributed by atoms with E-state index in [1.807, 2.05) is 28.4 Å². The molecule has 0 aliphatic carbocycles. The van der Waals surface area contributed by atoms with E-state index in [1.165, 1.54) is 9.88 Å². The molecular weight excluding hydrogens is 296 g/mol. The van der Waals surface area contributed by atoms with Crippen molar-refractivity contribution >= 4 is 17.2 Å². The average molecular weight is 318 g/mol. The minimum Gasteiger partial charge on any atom is -0.469 e. The van der Waals surface area contributed by atoms with Gasteiger partial charge in [-0.25, -0.2) is 4.98 Å². The highest BCUT2D eigenvalue weighted by molar-refractivity contribution is 7.11. The van der Waals surface area contributed by atoms with Gasteiger partial charge in [-0.3, -0.25) is 4.79 Å². The van der Waals surface area contributed by atoms with E-state index < -0.39 is 0 Å². The first-order valence-corrected chi connectivity index (χ1v) is 8.69. The van der Waals surface area contributed by atoms with Crippen LogP contribution in [0.25, 0.3) is 0 Å². The highest BCUT2D eigenvalue weighted by Gasteiger charge is 2.25. The molecule has 0 N–H and O–H groups in total. The summed E-state index contributed by atoms with van der Waals surface area (Å²) in [6.07, 6.45) is 4.94. The van der Waals surface area contributed by atoms with Crippen molar-refractivity contribution in [3.8, 4) is 0 Å². The van der Waals surface area contributed by atoms with Crippen molar-refractivity contribution in [2.24, 2.45) is 0 Å². The Morgan fingerprint density at radius 3 is 2.77 bits per heavy atom. The van der Waals surface area contributed by atoms with Crippen LogP contribution in [0.4, 0.5) is 0 Å². The van der Waals surface area contributed by atoms with Gasteiger partial charge in [0.1, 0.15) is 5.76 Å². The molecular formula is C17H22N2O2S. The predicted molar refractivity (Wildman–Crippen MR) is 87.2 cm³/mol. The monoisotopic (exact) mass is 318 g/mol. The number of carbonyl (C=O) groups excluding carboxylic acids is 1. The maximum absolute atomic E-state index is 12.3. The topological polar surface area (TPSA) is 46.3 Å². The van der Waals surface area contributed by atoms with Crippen LogP contribution in [0.2, 0.25) is 0 Å². The van der Waals surface area contributed by atoms with Crippen LogP contribution in [0.5, 0.6) is 0 Å². The number of nitrogens with zero attached hydrogens (tertiary/aromatic N) is 2. The lowest BCUT2D eigenvalue weighted by molar-refractivity contribution is -0.132. The Morgan fingerprint density at radius 1 is 1.41 bits per heavy atom. The smallest absolute Gasteiger partial charge is 0.223 e. The van der Waals surface area contributed by atoms with Gasteiger partial charge in [0.2, 0.25) is 5.91 Å². The van der Waals surface area contributed by atoms with Crippen LogP contribution >= 0.6 is 11.3 Å². The molecule has 1 aliphatic rings. The molecule has 0 saturated carbocycles. The van der Waals surface area contributed by atoms with E-state index in [4.69, 9.17) is 4.42 Å². The van der Waals surface area contributed by atoms with Gasteiger partial charge in [0.05, 0.1) is 17.0 Å². The Balaban J connectivity index is 1.49. The van der Waals surface area contributed by atoms with Gasteiger partial charge in [0, 0.05) is 36.7 Å². The second-order valence-corrected chi connectivity index (χ2v) is 7.16. The third-order valence-corrected chi connectivity index (χ3v) is 5.64. The SMILES string of the molecule is Cc1nc(C2CCN(C(=O)CCc3ccco3)CC2)sc1C. The van der Waals surface area contributed by atoms with Gasteiger partial charge in [-0.1, -0.05) is 0 Å². The van der Waals surface area contributed by atoms with Crippen molar-refractivity contribution in [2.75, 3.05) is 13.1 Å². The fourth-order valence-electron chi connectivity index (χ4n) is 2.89. The highest BCUT2D eigenvalue weighted by Crippen LogP contribution is 2.32. The molecule has 0 radical (unpaired) electrons. The highest BCUT2D eigenvalue weighted by atomic mass is 32.1. The van der Waals surface area contributed by atoms with E-state index in [-0.39, 0.29) is 5.91 Å². The first-order valence-electron chi connectivity index (χ1n) is 7.87. The molecule has 1 aliphatic heterocycles. The van der Waals surface area contributed by atoms with Crippen molar-refractivity contribution < 1.29 is 9.21 Å². The van der Waals surface area contributed by atoms with E-state index >= 15 is 0 Å². The number of hydrogen-bond acceptors (Lipinski definition) is 4. The molecule has 22 heavy (non-hydrogen) atoms. The third kappa shape index (κ3) is 3.40. The third-order valence-electron chi connectivity index (χ3n) is 4.41. The van der Waals surface area contributed by atoms with Crippen molar-refractivity contribution in [1.82, 2.24) is 9.88 Å². The second kappa shape index (κ2) is 6.65. The standard InChI is InChI=1S/C17H22N2O2S/c1-12-13(2)22-17(18-12)14-7-9-19(10-8-14)16(20)6-5-15-4-3-11-21-15/h3-4,11,14H,5-10H2,1-2H3. The summed E-state index contributed by atoms with van der Waals surface area (Å²) in [6, 6.07) is 3.79. The number of amides is 1. The average Bonchev–Trinajstić information content (AvgIpc) is 3.16. The lowest BCUT2D eigenvalue weighted by atomic mass is 9.97. The molecule has 4 nitrogen and oxygen atoms in total. The van der Waals surface area contributed by atoms with E-state index in [0.717, 1.165) is 37.4 Å². The van der Waals surface area contributed by atoms with Gasteiger partial charge in [-0.05, 0) is 38.8 Å². The molecule has 1 saturated heterocycles. The van der Waals surface area contributed by atoms with Gasteiger partial charge >= 0.3 is 0 Å². The molecule has 1 fully saturated rings.